The number of hydrogen-bond acceptors (Lipinski definition) is 5. The van der Waals surface area contributed by atoms with Crippen LogP contribution in [0.2, 0.25) is 5.02 Å². The molecule has 0 spiro atoms. The first kappa shape index (κ1) is 24.4. The molecule has 32 heavy (non-hydrogen) atoms. The number of carbonyl (C=O) groups excluding carboxylic acids is 1. The first-order valence-electron chi connectivity index (χ1n) is 10.1. The lowest BCUT2D eigenvalue weighted by atomic mass is 9.98. The average Bonchev–Trinajstić information content (AvgIpc) is 3.10. The molecule has 0 saturated heterocycles. The van der Waals surface area contributed by atoms with Gasteiger partial charge in [-0.3, -0.25) is 4.79 Å². The molecule has 1 heterocycles. The van der Waals surface area contributed by atoms with Crippen molar-refractivity contribution in [2.24, 2.45) is 5.14 Å². The number of rotatable bonds is 8. The van der Waals surface area contributed by atoms with Gasteiger partial charge in [-0.05, 0) is 54.3 Å². The SMILES string of the molecule is CCCN(CCO)C(=O)c1sc(-c2ccc(Cl)cc2)c(C)c1-c1ccc(S(N)(=O)=O)cc1. The third-order valence-electron chi connectivity index (χ3n) is 5.07. The molecule has 0 aliphatic heterocycles. The van der Waals surface area contributed by atoms with Crippen molar-refractivity contribution >= 4 is 38.9 Å². The Bertz CT molecular complexity index is 1200. The van der Waals surface area contributed by atoms with E-state index in [0.29, 0.717) is 16.4 Å². The molecule has 3 rings (SSSR count). The van der Waals surface area contributed by atoms with Gasteiger partial charge in [-0.2, -0.15) is 0 Å². The molecule has 0 aliphatic carbocycles. The Balaban J connectivity index is 2.19. The lowest BCUT2D eigenvalue weighted by Crippen LogP contribution is -2.34. The highest BCUT2D eigenvalue weighted by molar-refractivity contribution is 7.89. The maximum Gasteiger partial charge on any atom is 0.264 e. The molecule has 0 bridgehead atoms. The Hall–Kier alpha value is -2.23. The van der Waals surface area contributed by atoms with Gasteiger partial charge in [0.1, 0.15) is 4.88 Å². The lowest BCUT2D eigenvalue weighted by Gasteiger charge is -2.21. The Labute approximate surface area is 197 Å². The number of carbonyl (C=O) groups is 1. The monoisotopic (exact) mass is 492 g/mol. The summed E-state index contributed by atoms with van der Waals surface area (Å²) < 4.78 is 23.3. The molecule has 6 nitrogen and oxygen atoms in total. The maximum absolute atomic E-state index is 13.5. The largest absolute Gasteiger partial charge is 0.395 e. The van der Waals surface area contributed by atoms with Crippen LogP contribution >= 0.6 is 22.9 Å². The zero-order chi connectivity index (χ0) is 23.5. The molecule has 0 radical (unpaired) electrons. The predicted octanol–water partition coefficient (Wildman–Crippen LogP) is 4.54. The maximum atomic E-state index is 13.5. The summed E-state index contributed by atoms with van der Waals surface area (Å²) in [6, 6.07) is 13.6. The number of hydrogen-bond donors (Lipinski definition) is 2. The molecule has 9 heteroatoms. The van der Waals surface area contributed by atoms with Crippen molar-refractivity contribution in [1.82, 2.24) is 4.90 Å². The number of nitrogens with two attached hydrogens (primary N) is 1. The van der Waals surface area contributed by atoms with Crippen molar-refractivity contribution < 1.29 is 18.3 Å². The van der Waals surface area contributed by atoms with Crippen molar-refractivity contribution in [2.45, 2.75) is 25.2 Å². The summed E-state index contributed by atoms with van der Waals surface area (Å²) in [7, 11) is -3.82. The van der Waals surface area contributed by atoms with Crippen molar-refractivity contribution in [2.75, 3.05) is 19.7 Å². The minimum Gasteiger partial charge on any atom is -0.395 e. The molecule has 3 N–H and O–H groups in total. The first-order valence-corrected chi connectivity index (χ1v) is 12.8. The Morgan fingerprint density at radius 2 is 1.66 bits per heavy atom. The summed E-state index contributed by atoms with van der Waals surface area (Å²) in [4.78, 5) is 16.6. The first-order chi connectivity index (χ1) is 15.2. The van der Waals surface area contributed by atoms with Gasteiger partial charge >= 0.3 is 0 Å². The smallest absolute Gasteiger partial charge is 0.264 e. The van der Waals surface area contributed by atoms with Crippen LogP contribution in [0.3, 0.4) is 0 Å². The molecule has 0 unspecified atom stereocenters. The second-order valence-electron chi connectivity index (χ2n) is 7.35. The normalized spacial score (nSPS) is 11.5. The quantitative estimate of drug-likeness (QED) is 0.482. The summed E-state index contributed by atoms with van der Waals surface area (Å²) in [5.41, 5.74) is 3.30. The van der Waals surface area contributed by atoms with Crippen LogP contribution < -0.4 is 5.14 Å². The molecule has 2 aromatic carbocycles. The van der Waals surface area contributed by atoms with Gasteiger partial charge in [-0.15, -0.1) is 11.3 Å². The molecular weight excluding hydrogens is 468 g/mol. The van der Waals surface area contributed by atoms with E-state index in [2.05, 4.69) is 0 Å². The fourth-order valence-electron chi connectivity index (χ4n) is 3.55. The molecule has 0 fully saturated rings. The molecule has 170 valence electrons. The zero-order valence-corrected chi connectivity index (χ0v) is 20.2. The Morgan fingerprint density at radius 1 is 1.06 bits per heavy atom. The lowest BCUT2D eigenvalue weighted by molar-refractivity contribution is 0.0727. The number of aliphatic hydroxyl groups excluding tert-OH is 1. The molecular formula is C23H25ClN2O4S2. The second kappa shape index (κ2) is 10.1. The van der Waals surface area contributed by atoms with Crippen molar-refractivity contribution in [3.05, 3.63) is 64.0 Å². The van der Waals surface area contributed by atoms with Crippen LogP contribution in [0, 0.1) is 6.92 Å². The highest BCUT2D eigenvalue weighted by Gasteiger charge is 2.26. The summed E-state index contributed by atoms with van der Waals surface area (Å²) >= 11 is 7.42. The van der Waals surface area contributed by atoms with E-state index in [-0.39, 0.29) is 24.0 Å². The van der Waals surface area contributed by atoms with Gasteiger partial charge in [0.05, 0.1) is 11.5 Å². The highest BCUT2D eigenvalue weighted by atomic mass is 35.5. The van der Waals surface area contributed by atoms with Crippen molar-refractivity contribution in [3.63, 3.8) is 0 Å². The average molecular weight is 493 g/mol. The number of benzene rings is 2. The molecule has 0 atom stereocenters. The van der Waals surface area contributed by atoms with Crippen LogP contribution in [0.4, 0.5) is 0 Å². The zero-order valence-electron chi connectivity index (χ0n) is 17.8. The van der Waals surface area contributed by atoms with Crippen LogP contribution in [0.1, 0.15) is 28.6 Å². The van der Waals surface area contributed by atoms with E-state index in [9.17, 15) is 18.3 Å². The second-order valence-corrected chi connectivity index (χ2v) is 10.4. The van der Waals surface area contributed by atoms with Crippen LogP contribution in [0.15, 0.2) is 53.4 Å². The van der Waals surface area contributed by atoms with Gasteiger partial charge < -0.3 is 10.0 Å². The minimum absolute atomic E-state index is 0.00724. The third-order valence-corrected chi connectivity index (χ3v) is 7.58. The Kier molecular flexibility index (Phi) is 7.74. The van der Waals surface area contributed by atoms with Crippen LogP contribution in [0.5, 0.6) is 0 Å². The van der Waals surface area contributed by atoms with E-state index in [1.54, 1.807) is 29.2 Å². The number of amides is 1. The number of nitrogens with zero attached hydrogens (tertiary/aromatic N) is 1. The number of primary sulfonamides is 1. The van der Waals surface area contributed by atoms with Gasteiger partial charge in [-0.25, -0.2) is 13.6 Å². The van der Waals surface area contributed by atoms with Crippen molar-refractivity contribution in [3.8, 4) is 21.6 Å². The number of halogens is 1. The van der Waals surface area contributed by atoms with Crippen LogP contribution in [0.25, 0.3) is 21.6 Å². The van der Waals surface area contributed by atoms with E-state index in [1.807, 2.05) is 26.0 Å². The predicted molar refractivity (Wildman–Crippen MR) is 130 cm³/mol. The summed E-state index contributed by atoms with van der Waals surface area (Å²) in [6.07, 6.45) is 0.762. The third kappa shape index (κ3) is 5.22. The highest BCUT2D eigenvalue weighted by Crippen LogP contribution is 2.42. The van der Waals surface area contributed by atoms with Crippen molar-refractivity contribution in [1.29, 1.82) is 0 Å². The topological polar surface area (TPSA) is 101 Å². The Morgan fingerprint density at radius 3 is 2.19 bits per heavy atom. The van der Waals surface area contributed by atoms with E-state index in [0.717, 1.165) is 33.6 Å². The van der Waals surface area contributed by atoms with E-state index >= 15 is 0 Å². The van der Waals surface area contributed by atoms with Gasteiger partial charge in [-0.1, -0.05) is 42.8 Å². The van der Waals surface area contributed by atoms with E-state index < -0.39 is 10.0 Å². The molecule has 1 amide bonds. The fraction of sp³-hybridized carbons (Fsp3) is 0.261. The summed E-state index contributed by atoms with van der Waals surface area (Å²) in [6.45, 7) is 4.55. The van der Waals surface area contributed by atoms with Crippen LogP contribution in [-0.2, 0) is 10.0 Å². The fourth-order valence-corrected chi connectivity index (χ4v) is 5.49. The minimum atomic E-state index is -3.82. The number of sulfonamides is 1. The van der Waals surface area contributed by atoms with E-state index in [1.165, 1.54) is 23.5 Å². The molecule has 3 aromatic rings. The standard InChI is InChI=1S/C23H25ClN2O4S2/c1-3-12-26(13-14-27)23(28)22-20(16-6-10-19(11-7-16)32(25,29)30)15(2)21(31-22)17-4-8-18(24)9-5-17/h4-11,27H,3,12-14H2,1-2H3,(H2,25,29,30). The summed E-state index contributed by atoms with van der Waals surface area (Å²) in [5.74, 6) is -0.167. The van der Waals surface area contributed by atoms with Gasteiger partial charge in [0.25, 0.3) is 5.91 Å². The summed E-state index contributed by atoms with van der Waals surface area (Å²) in [5, 5.41) is 15.3. The van der Waals surface area contributed by atoms with Gasteiger partial charge in [0, 0.05) is 28.6 Å². The van der Waals surface area contributed by atoms with E-state index in [4.69, 9.17) is 16.7 Å². The number of aliphatic hydroxyl groups is 1. The molecule has 0 aliphatic rings. The van der Waals surface area contributed by atoms with Crippen LogP contribution in [-0.4, -0.2) is 44.0 Å². The number of thiophene rings is 1. The van der Waals surface area contributed by atoms with Gasteiger partial charge in [0.2, 0.25) is 10.0 Å². The molecule has 0 saturated carbocycles. The molecule has 1 aromatic heterocycles. The van der Waals surface area contributed by atoms with Gasteiger partial charge in [0.15, 0.2) is 0 Å².